The topological polar surface area (TPSA) is 79.0 Å². The van der Waals surface area contributed by atoms with Crippen LogP contribution in [0.4, 0.5) is 0 Å². The molecule has 1 unspecified atom stereocenters. The zero-order valence-corrected chi connectivity index (χ0v) is 17.2. The summed E-state index contributed by atoms with van der Waals surface area (Å²) in [5.74, 6) is -0.130. The van der Waals surface area contributed by atoms with Crippen molar-refractivity contribution in [1.82, 2.24) is 14.7 Å². The van der Waals surface area contributed by atoms with Crippen molar-refractivity contribution >= 4 is 39.1 Å². The number of morpholine rings is 1. The minimum atomic E-state index is -3.75. The molecule has 0 saturated carbocycles. The summed E-state index contributed by atoms with van der Waals surface area (Å²) in [5.41, 5.74) is 2.88. The average Bonchev–Trinajstić information content (AvgIpc) is 2.65. The molecule has 7 nitrogen and oxygen atoms in total. The van der Waals surface area contributed by atoms with E-state index in [9.17, 15) is 13.2 Å². The van der Waals surface area contributed by atoms with E-state index in [1.54, 1.807) is 12.1 Å². The summed E-state index contributed by atoms with van der Waals surface area (Å²) in [7, 11) is -3.75. The van der Waals surface area contributed by atoms with Crippen molar-refractivity contribution in [2.45, 2.75) is 24.2 Å². The third-order valence-corrected chi connectivity index (χ3v) is 7.62. The number of nitrogens with one attached hydrogen (secondary N) is 1. The fourth-order valence-corrected chi connectivity index (χ4v) is 5.68. The van der Waals surface area contributed by atoms with Gasteiger partial charge in [-0.3, -0.25) is 10.2 Å². The Balaban J connectivity index is 1.63. The Hall–Kier alpha value is -0.900. The molecule has 2 aliphatic heterocycles. The average molecular weight is 436 g/mol. The standard InChI is InChI=1S/C17H23Cl2N3O4S/c18-14-4-1-5-15(17(14)19)27(24,25)22-6-2-3-13(12-22)11-16(23)20-21-7-9-26-10-8-21/h1,4-5,13H,2-3,6-12H2,(H,20,23). The summed E-state index contributed by atoms with van der Waals surface area (Å²) >= 11 is 12.1. The van der Waals surface area contributed by atoms with Crippen LogP contribution in [0.5, 0.6) is 0 Å². The zero-order valence-electron chi connectivity index (χ0n) is 14.9. The molecule has 1 aromatic carbocycles. The summed E-state index contributed by atoms with van der Waals surface area (Å²) in [6.45, 7) is 3.20. The van der Waals surface area contributed by atoms with Crippen LogP contribution in [0.3, 0.4) is 0 Å². The van der Waals surface area contributed by atoms with E-state index in [0.717, 1.165) is 6.42 Å². The summed E-state index contributed by atoms with van der Waals surface area (Å²) < 4.78 is 32.6. The lowest BCUT2D eigenvalue weighted by molar-refractivity contribution is -0.129. The van der Waals surface area contributed by atoms with Crippen molar-refractivity contribution in [3.8, 4) is 0 Å². The van der Waals surface area contributed by atoms with Crippen molar-refractivity contribution < 1.29 is 17.9 Å². The highest BCUT2D eigenvalue weighted by Gasteiger charge is 2.33. The highest BCUT2D eigenvalue weighted by molar-refractivity contribution is 7.89. The molecule has 3 rings (SSSR count). The third-order valence-electron chi connectivity index (χ3n) is 4.78. The van der Waals surface area contributed by atoms with Crippen molar-refractivity contribution in [3.05, 3.63) is 28.2 Å². The van der Waals surface area contributed by atoms with E-state index in [0.29, 0.717) is 45.8 Å². The van der Waals surface area contributed by atoms with Crippen LogP contribution in [0.15, 0.2) is 23.1 Å². The number of nitrogens with zero attached hydrogens (tertiary/aromatic N) is 2. The molecule has 0 spiro atoms. The number of sulfonamides is 1. The van der Waals surface area contributed by atoms with Crippen LogP contribution in [0.25, 0.3) is 0 Å². The van der Waals surface area contributed by atoms with Gasteiger partial charge in [-0.25, -0.2) is 13.4 Å². The summed E-state index contributed by atoms with van der Waals surface area (Å²) in [4.78, 5) is 12.3. The Morgan fingerprint density at radius 3 is 2.70 bits per heavy atom. The fourth-order valence-electron chi connectivity index (χ4n) is 3.39. The Morgan fingerprint density at radius 1 is 1.22 bits per heavy atom. The second kappa shape index (κ2) is 9.07. The largest absolute Gasteiger partial charge is 0.379 e. The normalized spacial score (nSPS) is 22.5. The Bertz CT molecular complexity index is 784. The number of carbonyl (C=O) groups excluding carboxylic acids is 1. The van der Waals surface area contributed by atoms with Gasteiger partial charge in [-0.15, -0.1) is 0 Å². The van der Waals surface area contributed by atoms with Crippen molar-refractivity contribution in [3.63, 3.8) is 0 Å². The van der Waals surface area contributed by atoms with Gasteiger partial charge in [0.1, 0.15) is 4.90 Å². The number of piperidine rings is 1. The molecule has 2 fully saturated rings. The Kier molecular flexibility index (Phi) is 6.99. The van der Waals surface area contributed by atoms with Crippen molar-refractivity contribution in [2.75, 3.05) is 39.4 Å². The van der Waals surface area contributed by atoms with Crippen LogP contribution in [0.2, 0.25) is 10.0 Å². The van der Waals surface area contributed by atoms with Gasteiger partial charge in [0.25, 0.3) is 0 Å². The first-order valence-electron chi connectivity index (χ1n) is 8.94. The van der Waals surface area contributed by atoms with E-state index in [4.69, 9.17) is 27.9 Å². The van der Waals surface area contributed by atoms with Gasteiger partial charge in [-0.1, -0.05) is 29.3 Å². The van der Waals surface area contributed by atoms with Crippen LogP contribution in [0, 0.1) is 5.92 Å². The maximum atomic E-state index is 13.0. The number of hydrazine groups is 1. The van der Waals surface area contributed by atoms with E-state index >= 15 is 0 Å². The lowest BCUT2D eigenvalue weighted by atomic mass is 9.96. The summed E-state index contributed by atoms with van der Waals surface area (Å²) in [5, 5.41) is 2.08. The first kappa shape index (κ1) is 20.8. The second-order valence-corrected chi connectivity index (χ2v) is 9.45. The fraction of sp³-hybridized carbons (Fsp3) is 0.588. The monoisotopic (exact) mass is 435 g/mol. The number of hydrogen-bond donors (Lipinski definition) is 1. The van der Waals surface area contributed by atoms with E-state index < -0.39 is 10.0 Å². The first-order chi connectivity index (χ1) is 12.9. The molecule has 150 valence electrons. The van der Waals surface area contributed by atoms with Crippen LogP contribution in [0.1, 0.15) is 19.3 Å². The molecule has 2 saturated heterocycles. The molecular formula is C17H23Cl2N3O4S. The van der Waals surface area contributed by atoms with E-state index in [1.165, 1.54) is 10.4 Å². The van der Waals surface area contributed by atoms with Gasteiger partial charge < -0.3 is 4.74 Å². The molecule has 0 radical (unpaired) electrons. The van der Waals surface area contributed by atoms with Crippen LogP contribution < -0.4 is 5.43 Å². The molecule has 0 aromatic heterocycles. The minimum Gasteiger partial charge on any atom is -0.379 e. The van der Waals surface area contributed by atoms with Crippen molar-refractivity contribution in [1.29, 1.82) is 0 Å². The molecule has 10 heteroatoms. The number of rotatable bonds is 5. The predicted octanol–water partition coefficient (Wildman–Crippen LogP) is 2.15. The minimum absolute atomic E-state index is 0.00934. The van der Waals surface area contributed by atoms with Gasteiger partial charge in [0.15, 0.2) is 0 Å². The van der Waals surface area contributed by atoms with Crippen LogP contribution >= 0.6 is 23.2 Å². The number of carbonyl (C=O) groups is 1. The van der Waals surface area contributed by atoms with Gasteiger partial charge in [-0.05, 0) is 30.9 Å². The van der Waals surface area contributed by atoms with Gasteiger partial charge >= 0.3 is 0 Å². The number of amides is 1. The van der Waals surface area contributed by atoms with E-state index in [1.807, 2.05) is 5.01 Å². The second-order valence-electron chi connectivity index (χ2n) is 6.76. The highest BCUT2D eigenvalue weighted by Crippen LogP contribution is 2.33. The highest BCUT2D eigenvalue weighted by atomic mass is 35.5. The molecule has 1 N–H and O–H groups in total. The van der Waals surface area contributed by atoms with E-state index in [-0.39, 0.29) is 33.2 Å². The molecule has 1 amide bonds. The quantitative estimate of drug-likeness (QED) is 0.766. The lowest BCUT2D eigenvalue weighted by Gasteiger charge is -2.33. The molecule has 0 aliphatic carbocycles. The lowest BCUT2D eigenvalue weighted by Crippen LogP contribution is -2.49. The molecule has 1 atom stereocenters. The number of hydrogen-bond acceptors (Lipinski definition) is 5. The Morgan fingerprint density at radius 2 is 1.96 bits per heavy atom. The third kappa shape index (κ3) is 5.13. The SMILES string of the molecule is O=C(CC1CCCN(S(=O)(=O)c2cccc(Cl)c2Cl)C1)NN1CCOCC1. The van der Waals surface area contributed by atoms with Gasteiger partial charge in [0.2, 0.25) is 15.9 Å². The molecule has 2 heterocycles. The molecule has 27 heavy (non-hydrogen) atoms. The Labute approximate surface area is 169 Å². The smallest absolute Gasteiger partial charge is 0.244 e. The van der Waals surface area contributed by atoms with Crippen LogP contribution in [-0.4, -0.2) is 63.0 Å². The molecule has 0 bridgehead atoms. The van der Waals surface area contributed by atoms with Crippen LogP contribution in [-0.2, 0) is 19.6 Å². The maximum absolute atomic E-state index is 13.0. The summed E-state index contributed by atoms with van der Waals surface area (Å²) in [6.07, 6.45) is 1.80. The predicted molar refractivity (Wildman–Crippen MR) is 103 cm³/mol. The van der Waals surface area contributed by atoms with Crippen molar-refractivity contribution in [2.24, 2.45) is 5.92 Å². The summed E-state index contributed by atoms with van der Waals surface area (Å²) in [6, 6.07) is 4.58. The number of benzene rings is 1. The van der Waals surface area contributed by atoms with Gasteiger partial charge in [0, 0.05) is 32.6 Å². The number of halogens is 2. The van der Waals surface area contributed by atoms with Gasteiger partial charge in [0.05, 0.1) is 23.3 Å². The van der Waals surface area contributed by atoms with Gasteiger partial charge in [-0.2, -0.15) is 4.31 Å². The number of ether oxygens (including phenoxy) is 1. The maximum Gasteiger partial charge on any atom is 0.244 e. The zero-order chi connectivity index (χ0) is 19.4. The van der Waals surface area contributed by atoms with E-state index in [2.05, 4.69) is 5.43 Å². The molecule has 1 aromatic rings. The first-order valence-corrected chi connectivity index (χ1v) is 11.1. The molecule has 2 aliphatic rings. The molecular weight excluding hydrogens is 413 g/mol.